The molecule has 0 heterocycles. The van der Waals surface area contributed by atoms with Crippen molar-refractivity contribution in [3.8, 4) is 0 Å². The fourth-order valence-corrected chi connectivity index (χ4v) is 1.80. The lowest BCUT2D eigenvalue weighted by molar-refractivity contribution is 0.0464. The molecule has 0 fully saturated rings. The largest absolute Gasteiger partial charge is 0.444 e. The smallest absolute Gasteiger partial charge is 0.407 e. The highest BCUT2D eigenvalue weighted by Crippen LogP contribution is 2.10. The molecule has 0 saturated heterocycles. The Morgan fingerprint density at radius 3 is 2.32 bits per heavy atom. The van der Waals surface area contributed by atoms with Crippen LogP contribution in [0.4, 0.5) is 9.18 Å². The molecule has 1 unspecified atom stereocenters. The fraction of sp³-hybridized carbons (Fsp3) is 0.500. The first-order valence-electron chi connectivity index (χ1n) is 6.98. The lowest BCUT2D eigenvalue weighted by Gasteiger charge is -2.23. The number of amides is 1. The van der Waals surface area contributed by atoms with Crippen LogP contribution in [0.25, 0.3) is 0 Å². The number of benzene rings is 1. The number of Topliss-reactive ketones (excluding diaryl/α,β-unsaturated/α-hetero) is 1. The Morgan fingerprint density at radius 2 is 1.82 bits per heavy atom. The lowest BCUT2D eigenvalue weighted by atomic mass is 10.0. The number of carbonyl (C=O) groups is 2. The standard InChI is InChI=1S/C16H22FNO4/c1-16(2,3)22-15(20)18-13(10-21-4)9-14(19)11-5-7-12(17)8-6-11/h5-8,13H,9-10H2,1-4H3,(H,18,20). The van der Waals surface area contributed by atoms with Gasteiger partial charge in [0.15, 0.2) is 5.78 Å². The molecule has 5 nitrogen and oxygen atoms in total. The minimum atomic E-state index is -0.622. The second-order valence-corrected chi connectivity index (χ2v) is 5.93. The molecule has 122 valence electrons. The molecule has 0 spiro atoms. The Labute approximate surface area is 129 Å². The van der Waals surface area contributed by atoms with Gasteiger partial charge in [0, 0.05) is 19.1 Å². The van der Waals surface area contributed by atoms with Crippen LogP contribution < -0.4 is 5.32 Å². The molecule has 6 heteroatoms. The Kier molecular flexibility index (Phi) is 6.49. The van der Waals surface area contributed by atoms with Gasteiger partial charge >= 0.3 is 6.09 Å². The van der Waals surface area contributed by atoms with Crippen LogP contribution in [0, 0.1) is 5.82 Å². The average Bonchev–Trinajstić information content (AvgIpc) is 2.37. The normalized spacial score (nSPS) is 12.6. The molecule has 1 rings (SSSR count). The maximum Gasteiger partial charge on any atom is 0.407 e. The zero-order chi connectivity index (χ0) is 16.8. The third-order valence-corrected chi connectivity index (χ3v) is 2.69. The number of hydrogen-bond acceptors (Lipinski definition) is 4. The Hall–Kier alpha value is -1.95. The third kappa shape index (κ3) is 6.67. The summed E-state index contributed by atoms with van der Waals surface area (Å²) in [6.45, 7) is 5.43. The number of halogens is 1. The number of carbonyl (C=O) groups excluding carboxylic acids is 2. The molecule has 0 aromatic heterocycles. The second kappa shape index (κ2) is 7.89. The van der Waals surface area contributed by atoms with Gasteiger partial charge in [-0.15, -0.1) is 0 Å². The van der Waals surface area contributed by atoms with Crippen LogP contribution in [-0.2, 0) is 9.47 Å². The number of alkyl carbamates (subject to hydrolysis) is 1. The predicted molar refractivity (Wildman–Crippen MR) is 80.4 cm³/mol. The van der Waals surface area contributed by atoms with Crippen molar-refractivity contribution in [3.63, 3.8) is 0 Å². The zero-order valence-electron chi connectivity index (χ0n) is 13.3. The molecule has 1 aromatic carbocycles. The van der Waals surface area contributed by atoms with Crippen molar-refractivity contribution in [1.82, 2.24) is 5.32 Å². The van der Waals surface area contributed by atoms with Crippen molar-refractivity contribution in [2.45, 2.75) is 38.8 Å². The molecule has 1 amide bonds. The third-order valence-electron chi connectivity index (χ3n) is 2.69. The van der Waals surface area contributed by atoms with Crippen LogP contribution in [0.3, 0.4) is 0 Å². The fourth-order valence-electron chi connectivity index (χ4n) is 1.80. The molecule has 0 aliphatic carbocycles. The molecule has 1 aromatic rings. The molecule has 1 atom stereocenters. The first-order chi connectivity index (χ1) is 10.2. The van der Waals surface area contributed by atoms with E-state index in [0.29, 0.717) is 5.56 Å². The molecule has 1 N–H and O–H groups in total. The zero-order valence-corrected chi connectivity index (χ0v) is 13.3. The highest BCUT2D eigenvalue weighted by atomic mass is 19.1. The van der Waals surface area contributed by atoms with Crippen LogP contribution in [0.2, 0.25) is 0 Å². The van der Waals surface area contributed by atoms with E-state index >= 15 is 0 Å². The van der Waals surface area contributed by atoms with E-state index in [1.165, 1.54) is 31.4 Å². The lowest BCUT2D eigenvalue weighted by Crippen LogP contribution is -2.42. The van der Waals surface area contributed by atoms with E-state index in [-0.39, 0.29) is 18.8 Å². The molecule has 0 bridgehead atoms. The van der Waals surface area contributed by atoms with Crippen LogP contribution in [-0.4, -0.2) is 37.2 Å². The van der Waals surface area contributed by atoms with Crippen LogP contribution in [0.1, 0.15) is 37.6 Å². The van der Waals surface area contributed by atoms with E-state index in [9.17, 15) is 14.0 Å². The quantitative estimate of drug-likeness (QED) is 0.820. The van der Waals surface area contributed by atoms with E-state index in [4.69, 9.17) is 9.47 Å². The van der Waals surface area contributed by atoms with Crippen molar-refractivity contribution in [3.05, 3.63) is 35.6 Å². The highest BCUT2D eigenvalue weighted by molar-refractivity contribution is 5.96. The number of hydrogen-bond donors (Lipinski definition) is 1. The van der Waals surface area contributed by atoms with Crippen molar-refractivity contribution >= 4 is 11.9 Å². The molecular formula is C16H22FNO4. The minimum absolute atomic E-state index is 0.0404. The van der Waals surface area contributed by atoms with Crippen molar-refractivity contribution in [2.24, 2.45) is 0 Å². The predicted octanol–water partition coefficient (Wildman–Crippen LogP) is 2.94. The highest BCUT2D eigenvalue weighted by Gasteiger charge is 2.21. The van der Waals surface area contributed by atoms with Gasteiger partial charge in [0.25, 0.3) is 0 Å². The van der Waals surface area contributed by atoms with E-state index in [2.05, 4.69) is 5.32 Å². The molecule has 22 heavy (non-hydrogen) atoms. The van der Waals surface area contributed by atoms with Gasteiger partial charge in [0.1, 0.15) is 11.4 Å². The van der Waals surface area contributed by atoms with Gasteiger partial charge in [-0.3, -0.25) is 4.79 Å². The molecular weight excluding hydrogens is 289 g/mol. The van der Waals surface area contributed by atoms with Crippen molar-refractivity contribution < 1.29 is 23.5 Å². The van der Waals surface area contributed by atoms with E-state index in [1.807, 2.05) is 0 Å². The van der Waals surface area contributed by atoms with Crippen molar-refractivity contribution in [1.29, 1.82) is 0 Å². The second-order valence-electron chi connectivity index (χ2n) is 5.93. The summed E-state index contributed by atoms with van der Waals surface area (Å²) >= 11 is 0. The number of methoxy groups -OCH3 is 1. The summed E-state index contributed by atoms with van der Waals surface area (Å²) in [7, 11) is 1.48. The first-order valence-corrected chi connectivity index (χ1v) is 6.98. The first kappa shape index (κ1) is 18.1. The van der Waals surface area contributed by atoms with Gasteiger partial charge in [-0.05, 0) is 45.0 Å². The topological polar surface area (TPSA) is 64.6 Å². The minimum Gasteiger partial charge on any atom is -0.444 e. The Balaban J connectivity index is 2.65. The summed E-state index contributed by atoms with van der Waals surface area (Å²) in [5.74, 6) is -0.616. The van der Waals surface area contributed by atoms with Crippen molar-refractivity contribution in [2.75, 3.05) is 13.7 Å². The number of ketones is 1. The number of nitrogens with one attached hydrogen (secondary N) is 1. The summed E-state index contributed by atoms with van der Waals surface area (Å²) in [6.07, 6.45) is -0.569. The molecule has 0 aliphatic rings. The number of rotatable bonds is 6. The van der Waals surface area contributed by atoms with Gasteiger partial charge in [-0.25, -0.2) is 9.18 Å². The molecule has 0 aliphatic heterocycles. The Bertz CT molecular complexity index is 508. The van der Waals surface area contributed by atoms with E-state index < -0.39 is 23.6 Å². The average molecular weight is 311 g/mol. The van der Waals surface area contributed by atoms with Gasteiger partial charge in [-0.2, -0.15) is 0 Å². The maximum absolute atomic E-state index is 12.9. The SMILES string of the molecule is COCC(CC(=O)c1ccc(F)cc1)NC(=O)OC(C)(C)C. The number of ether oxygens (including phenoxy) is 2. The van der Waals surface area contributed by atoms with E-state index in [0.717, 1.165) is 0 Å². The van der Waals surface area contributed by atoms with Crippen LogP contribution in [0.5, 0.6) is 0 Å². The summed E-state index contributed by atoms with van der Waals surface area (Å²) in [5, 5.41) is 2.61. The van der Waals surface area contributed by atoms with Gasteiger partial charge in [0.05, 0.1) is 12.6 Å². The Morgan fingerprint density at radius 1 is 1.23 bits per heavy atom. The molecule has 0 radical (unpaired) electrons. The summed E-state index contributed by atoms with van der Waals surface area (Å²) in [6, 6.07) is 4.75. The summed E-state index contributed by atoms with van der Waals surface area (Å²) < 4.78 is 23.0. The monoisotopic (exact) mass is 311 g/mol. The van der Waals surface area contributed by atoms with Crippen LogP contribution in [0.15, 0.2) is 24.3 Å². The maximum atomic E-state index is 12.9. The summed E-state index contributed by atoms with van der Waals surface area (Å²) in [4.78, 5) is 23.9. The van der Waals surface area contributed by atoms with Gasteiger partial charge < -0.3 is 14.8 Å². The summed E-state index contributed by atoms with van der Waals surface area (Å²) in [5.41, 5.74) is -0.239. The molecule has 0 saturated carbocycles. The van der Waals surface area contributed by atoms with Gasteiger partial charge in [-0.1, -0.05) is 0 Å². The van der Waals surface area contributed by atoms with E-state index in [1.54, 1.807) is 20.8 Å². The van der Waals surface area contributed by atoms with Gasteiger partial charge in [0.2, 0.25) is 0 Å². The van der Waals surface area contributed by atoms with Crippen LogP contribution >= 0.6 is 0 Å².